The van der Waals surface area contributed by atoms with Crippen LogP contribution in [0.5, 0.6) is 0 Å². The molecule has 4 heteroatoms. The van der Waals surface area contributed by atoms with Crippen LogP contribution >= 0.6 is 0 Å². The zero-order valence-electron chi connectivity index (χ0n) is 12.4. The van der Waals surface area contributed by atoms with Crippen molar-refractivity contribution in [1.29, 1.82) is 0 Å². The van der Waals surface area contributed by atoms with Crippen molar-refractivity contribution in [3.63, 3.8) is 0 Å². The van der Waals surface area contributed by atoms with Crippen molar-refractivity contribution in [2.75, 3.05) is 0 Å². The molecule has 0 heterocycles. The topological polar surface area (TPSA) is 46.5 Å². The maximum atomic E-state index is 12.1. The van der Waals surface area contributed by atoms with Crippen LogP contribution in [-0.2, 0) is 10.0 Å². The molecular formula is C17H19NO2S. The zero-order chi connectivity index (χ0) is 15.5. The van der Waals surface area contributed by atoms with E-state index in [0.29, 0.717) is 5.92 Å². The Morgan fingerprint density at radius 3 is 2.05 bits per heavy atom. The summed E-state index contributed by atoms with van der Waals surface area (Å²) in [5.41, 5.74) is 3.01. The number of aryl methyl sites for hydroxylation is 1. The number of nitrogens with zero attached hydrogens (tertiary/aromatic N) is 1. The smallest absolute Gasteiger partial charge is 0.199 e. The van der Waals surface area contributed by atoms with Gasteiger partial charge in [0, 0.05) is 6.21 Å². The predicted molar refractivity (Wildman–Crippen MR) is 86.5 cm³/mol. The molecule has 0 saturated carbocycles. The fourth-order valence-corrected chi connectivity index (χ4v) is 2.73. The van der Waals surface area contributed by atoms with Crippen molar-refractivity contribution >= 4 is 16.2 Å². The molecular weight excluding hydrogens is 282 g/mol. The molecule has 0 amide bonds. The van der Waals surface area contributed by atoms with Crippen molar-refractivity contribution in [1.82, 2.24) is 0 Å². The van der Waals surface area contributed by atoms with Crippen molar-refractivity contribution in [3.8, 4) is 0 Å². The Labute approximate surface area is 126 Å². The summed E-state index contributed by atoms with van der Waals surface area (Å²) in [5.74, 6) is 0.451. The van der Waals surface area contributed by atoms with Crippen LogP contribution in [0.2, 0.25) is 0 Å². The van der Waals surface area contributed by atoms with Gasteiger partial charge in [0.15, 0.2) is 0 Å². The van der Waals surface area contributed by atoms with E-state index in [-0.39, 0.29) is 4.90 Å². The van der Waals surface area contributed by atoms with Gasteiger partial charge in [0.05, 0.1) is 4.90 Å². The quantitative estimate of drug-likeness (QED) is 0.803. The van der Waals surface area contributed by atoms with Gasteiger partial charge in [0.25, 0.3) is 10.0 Å². The van der Waals surface area contributed by atoms with Crippen LogP contribution < -0.4 is 0 Å². The van der Waals surface area contributed by atoms with E-state index in [2.05, 4.69) is 18.2 Å². The minimum Gasteiger partial charge on any atom is -0.199 e. The van der Waals surface area contributed by atoms with Gasteiger partial charge in [0.2, 0.25) is 0 Å². The lowest BCUT2D eigenvalue weighted by atomic mass is 10.0. The first kappa shape index (κ1) is 15.4. The maximum Gasteiger partial charge on any atom is 0.282 e. The van der Waals surface area contributed by atoms with E-state index in [4.69, 9.17) is 0 Å². The summed E-state index contributed by atoms with van der Waals surface area (Å²) in [6.07, 6.45) is 1.39. The normalized spacial score (nSPS) is 12.2. The monoisotopic (exact) mass is 301 g/mol. The van der Waals surface area contributed by atoms with Crippen LogP contribution in [0.1, 0.15) is 36.5 Å². The lowest BCUT2D eigenvalue weighted by Crippen LogP contribution is -1.98. The Hall–Kier alpha value is -1.94. The predicted octanol–water partition coefficient (Wildman–Crippen LogP) is 3.93. The zero-order valence-corrected chi connectivity index (χ0v) is 13.3. The van der Waals surface area contributed by atoms with Gasteiger partial charge in [-0.25, -0.2) is 0 Å². The fraction of sp³-hybridized carbons (Fsp3) is 0.235. The summed E-state index contributed by atoms with van der Waals surface area (Å²) in [6, 6.07) is 14.4. The highest BCUT2D eigenvalue weighted by Crippen LogP contribution is 2.15. The summed E-state index contributed by atoms with van der Waals surface area (Å²) < 4.78 is 27.9. The SMILES string of the molecule is Cc1ccc(S(=O)(=O)N=Cc2ccc(C(C)C)cc2)cc1. The molecule has 0 radical (unpaired) electrons. The summed E-state index contributed by atoms with van der Waals surface area (Å²) >= 11 is 0. The highest BCUT2D eigenvalue weighted by atomic mass is 32.2. The molecule has 2 aromatic carbocycles. The Morgan fingerprint density at radius 1 is 0.952 bits per heavy atom. The Bertz CT molecular complexity index is 727. The van der Waals surface area contributed by atoms with Crippen LogP contribution in [0.4, 0.5) is 0 Å². The van der Waals surface area contributed by atoms with Gasteiger partial charge in [-0.05, 0) is 36.1 Å². The van der Waals surface area contributed by atoms with Crippen LogP contribution in [0.3, 0.4) is 0 Å². The summed E-state index contributed by atoms with van der Waals surface area (Å²) in [7, 11) is -3.63. The first-order valence-electron chi connectivity index (χ1n) is 6.85. The second-order valence-electron chi connectivity index (χ2n) is 5.34. The first-order chi connectivity index (χ1) is 9.88. The average molecular weight is 301 g/mol. The number of sulfonamides is 1. The Kier molecular flexibility index (Phi) is 4.58. The molecule has 0 spiro atoms. The molecule has 0 bridgehead atoms. The van der Waals surface area contributed by atoms with E-state index in [9.17, 15) is 8.42 Å². The van der Waals surface area contributed by atoms with E-state index in [1.54, 1.807) is 24.3 Å². The second-order valence-corrected chi connectivity index (χ2v) is 6.98. The number of hydrogen-bond acceptors (Lipinski definition) is 2. The number of benzene rings is 2. The van der Waals surface area contributed by atoms with Crippen LogP contribution in [-0.4, -0.2) is 14.6 Å². The first-order valence-corrected chi connectivity index (χ1v) is 8.29. The molecule has 2 aromatic rings. The third kappa shape index (κ3) is 4.02. The lowest BCUT2D eigenvalue weighted by molar-refractivity contribution is 0.598. The molecule has 0 aliphatic carbocycles. The molecule has 0 N–H and O–H groups in total. The maximum absolute atomic E-state index is 12.1. The van der Waals surface area contributed by atoms with Gasteiger partial charge in [-0.1, -0.05) is 55.8 Å². The standard InChI is InChI=1S/C17H19NO2S/c1-13(2)16-8-6-15(7-9-16)12-18-21(19,20)17-10-4-14(3)5-11-17/h4-13H,1-3H3. The van der Waals surface area contributed by atoms with Crippen molar-refractivity contribution in [3.05, 3.63) is 65.2 Å². The summed E-state index contributed by atoms with van der Waals surface area (Å²) in [5, 5.41) is 0. The van der Waals surface area contributed by atoms with Gasteiger partial charge < -0.3 is 0 Å². The van der Waals surface area contributed by atoms with E-state index < -0.39 is 10.0 Å². The molecule has 0 aliphatic rings. The molecule has 0 fully saturated rings. The van der Waals surface area contributed by atoms with Crippen molar-refractivity contribution < 1.29 is 8.42 Å². The van der Waals surface area contributed by atoms with Gasteiger partial charge in [-0.2, -0.15) is 12.8 Å². The van der Waals surface area contributed by atoms with E-state index in [1.165, 1.54) is 11.8 Å². The van der Waals surface area contributed by atoms with E-state index >= 15 is 0 Å². The lowest BCUT2D eigenvalue weighted by Gasteiger charge is -2.04. The Balaban J connectivity index is 2.21. The molecule has 110 valence electrons. The minimum atomic E-state index is -3.63. The Morgan fingerprint density at radius 2 is 1.52 bits per heavy atom. The average Bonchev–Trinajstić information content (AvgIpc) is 2.46. The largest absolute Gasteiger partial charge is 0.282 e. The van der Waals surface area contributed by atoms with Gasteiger partial charge in [-0.3, -0.25) is 0 Å². The second kappa shape index (κ2) is 6.22. The van der Waals surface area contributed by atoms with Gasteiger partial charge in [0.1, 0.15) is 0 Å². The van der Waals surface area contributed by atoms with Crippen molar-refractivity contribution in [2.24, 2.45) is 4.40 Å². The highest BCUT2D eigenvalue weighted by Gasteiger charge is 2.10. The molecule has 21 heavy (non-hydrogen) atoms. The van der Waals surface area contributed by atoms with E-state index in [1.807, 2.05) is 31.2 Å². The van der Waals surface area contributed by atoms with Crippen LogP contribution in [0.25, 0.3) is 0 Å². The molecule has 0 aliphatic heterocycles. The molecule has 0 atom stereocenters. The number of rotatable bonds is 4. The van der Waals surface area contributed by atoms with Gasteiger partial charge in [-0.15, -0.1) is 0 Å². The summed E-state index contributed by atoms with van der Waals surface area (Å²) in [6.45, 7) is 6.14. The minimum absolute atomic E-state index is 0.211. The van der Waals surface area contributed by atoms with Gasteiger partial charge >= 0.3 is 0 Å². The fourth-order valence-electron chi connectivity index (χ4n) is 1.87. The van der Waals surface area contributed by atoms with Crippen LogP contribution in [0, 0.1) is 6.92 Å². The molecule has 3 nitrogen and oxygen atoms in total. The third-order valence-electron chi connectivity index (χ3n) is 3.26. The molecule has 2 rings (SSSR count). The summed E-state index contributed by atoms with van der Waals surface area (Å²) in [4.78, 5) is 0.211. The molecule has 0 saturated heterocycles. The van der Waals surface area contributed by atoms with E-state index in [0.717, 1.165) is 11.1 Å². The number of hydrogen-bond donors (Lipinski definition) is 0. The third-order valence-corrected chi connectivity index (χ3v) is 4.51. The van der Waals surface area contributed by atoms with Crippen molar-refractivity contribution in [2.45, 2.75) is 31.6 Å². The molecule has 0 aromatic heterocycles. The highest BCUT2D eigenvalue weighted by molar-refractivity contribution is 7.90. The molecule has 0 unspecified atom stereocenters. The van der Waals surface area contributed by atoms with Crippen LogP contribution in [0.15, 0.2) is 57.8 Å².